The molecule has 22 nitrogen and oxygen atoms in total. The third-order valence-corrected chi connectivity index (χ3v) is 13.8. The first kappa shape index (κ1) is 57.6. The highest BCUT2D eigenvalue weighted by molar-refractivity contribution is 7.22. The maximum absolute atomic E-state index is 13.7. The number of aromatic nitrogens is 1. The molecule has 0 bridgehead atoms. The number of thiazole rings is 1. The third kappa shape index (κ3) is 16.9. The quantitative estimate of drug-likeness (QED) is 0.00995. The van der Waals surface area contributed by atoms with Gasteiger partial charge in [-0.15, -0.1) is 0 Å². The molecule has 2 fully saturated rings. The Morgan fingerprint density at radius 2 is 1.10 bits per heavy atom. The second kappa shape index (κ2) is 28.3. The Hall–Kier alpha value is -9.12. The number of anilines is 2. The summed E-state index contributed by atoms with van der Waals surface area (Å²) < 4.78 is 49.6. The monoisotopic (exact) mass is 1100 g/mol. The average molecular weight is 1110 g/mol. The molecule has 23 heteroatoms. The summed E-state index contributed by atoms with van der Waals surface area (Å²) in [7, 11) is 0. The minimum Gasteiger partial charge on any atom is -0.490 e. The van der Waals surface area contributed by atoms with Gasteiger partial charge >= 0.3 is 41.8 Å². The van der Waals surface area contributed by atoms with Gasteiger partial charge in [0.05, 0.1) is 45.6 Å². The van der Waals surface area contributed by atoms with Crippen molar-refractivity contribution < 1.29 is 81.1 Å². The van der Waals surface area contributed by atoms with E-state index in [2.05, 4.69) is 30.6 Å². The van der Waals surface area contributed by atoms with Gasteiger partial charge in [0.2, 0.25) is 11.9 Å². The first-order valence-corrected chi connectivity index (χ1v) is 25.9. The molecule has 0 spiro atoms. The number of carbonyl (C=O) groups is 7. The zero-order chi connectivity index (χ0) is 56.3. The highest BCUT2D eigenvalue weighted by Crippen LogP contribution is 2.38. The van der Waals surface area contributed by atoms with E-state index in [1.165, 1.54) is 47.7 Å². The number of ether oxygens (including phenoxy) is 9. The predicted octanol–water partition coefficient (Wildman–Crippen LogP) is 8.73. The molecular weight excluding hydrogens is 1050 g/mol. The van der Waals surface area contributed by atoms with Crippen LogP contribution in [-0.2, 0) is 58.9 Å². The number of nitrogens with one attached hydrogen (secondary N) is 2. The van der Waals surface area contributed by atoms with Gasteiger partial charge in [0.25, 0.3) is 5.69 Å². The van der Waals surface area contributed by atoms with E-state index < -0.39 is 70.5 Å². The number of nitro groups is 1. The molecule has 4 aromatic carbocycles. The second-order valence-electron chi connectivity index (χ2n) is 18.0. The minimum absolute atomic E-state index is 0.0352. The average Bonchev–Trinajstić information content (AvgIpc) is 4.03. The molecule has 7 rings (SSSR count). The molecule has 2 N–H and O–H groups in total. The molecule has 2 aliphatic rings. The molecule has 0 aliphatic heterocycles. The van der Waals surface area contributed by atoms with Crippen LogP contribution in [0, 0.1) is 33.8 Å². The van der Waals surface area contributed by atoms with Crippen LogP contribution >= 0.6 is 11.3 Å². The van der Waals surface area contributed by atoms with Crippen molar-refractivity contribution in [3.05, 3.63) is 139 Å². The van der Waals surface area contributed by atoms with Gasteiger partial charge in [-0.3, -0.25) is 40.1 Å². The molecule has 1 unspecified atom stereocenters. The van der Waals surface area contributed by atoms with Gasteiger partial charge in [0.15, 0.2) is 11.9 Å². The second-order valence-corrected chi connectivity index (χ2v) is 19.0. The van der Waals surface area contributed by atoms with Gasteiger partial charge in [-0.2, -0.15) is 0 Å². The first-order valence-electron chi connectivity index (χ1n) is 25.1. The lowest BCUT2D eigenvalue weighted by Gasteiger charge is -2.26. The topological polar surface area (TPSA) is 283 Å². The largest absolute Gasteiger partial charge is 0.490 e. The third-order valence-electron chi connectivity index (χ3n) is 12.7. The Morgan fingerprint density at radius 1 is 0.595 bits per heavy atom. The number of hydrogen-bond donors (Lipinski definition) is 2. The summed E-state index contributed by atoms with van der Waals surface area (Å²) in [5.41, 5.74) is 7.56. The van der Waals surface area contributed by atoms with Crippen molar-refractivity contribution in [1.82, 2.24) is 4.98 Å². The van der Waals surface area contributed by atoms with Crippen molar-refractivity contribution in [3.8, 4) is 28.7 Å². The number of hydrazine groups is 1. The van der Waals surface area contributed by atoms with E-state index in [0.29, 0.717) is 96.1 Å². The number of hydrogen-bond acceptors (Lipinski definition) is 22. The van der Waals surface area contributed by atoms with Crippen molar-refractivity contribution in [2.45, 2.75) is 63.9 Å². The summed E-state index contributed by atoms with van der Waals surface area (Å²) in [6, 6.07) is 21.6. The summed E-state index contributed by atoms with van der Waals surface area (Å²) in [5, 5.41) is 11.6. The zero-order valence-corrected chi connectivity index (χ0v) is 43.5. The number of benzene rings is 4. The van der Waals surface area contributed by atoms with E-state index in [9.17, 15) is 43.7 Å². The lowest BCUT2D eigenvalue weighted by atomic mass is 9.82. The lowest BCUT2D eigenvalue weighted by Crippen LogP contribution is -2.30. The van der Waals surface area contributed by atoms with Crippen LogP contribution < -0.4 is 34.5 Å². The van der Waals surface area contributed by atoms with Crippen LogP contribution in [0.5, 0.6) is 28.7 Å². The van der Waals surface area contributed by atoms with Gasteiger partial charge in [-0.1, -0.05) is 37.1 Å². The van der Waals surface area contributed by atoms with E-state index in [1.807, 2.05) is 0 Å². The van der Waals surface area contributed by atoms with Crippen LogP contribution in [0.3, 0.4) is 0 Å². The molecular formula is C56H56N4O18S. The van der Waals surface area contributed by atoms with Crippen LogP contribution in [0.2, 0.25) is 0 Å². The molecule has 1 aromatic heterocycles. The Kier molecular flexibility index (Phi) is 20.6. The normalized spacial score (nSPS) is 17.0. The van der Waals surface area contributed by atoms with Gasteiger partial charge in [-0.25, -0.2) is 19.4 Å². The fourth-order valence-corrected chi connectivity index (χ4v) is 9.41. The summed E-state index contributed by atoms with van der Waals surface area (Å²) in [6.07, 6.45) is 5.53. The van der Waals surface area contributed by atoms with Crippen molar-refractivity contribution >= 4 is 79.8 Å². The summed E-state index contributed by atoms with van der Waals surface area (Å²) in [6.45, 7) is 9.32. The molecule has 0 radical (unpaired) electrons. The Morgan fingerprint density at radius 3 is 1.65 bits per heavy atom. The zero-order valence-electron chi connectivity index (χ0n) is 42.7. The number of non-ortho nitro benzene ring substituents is 1. The Balaban J connectivity index is 0.901. The molecule has 0 amide bonds. The van der Waals surface area contributed by atoms with Crippen LogP contribution in [0.15, 0.2) is 123 Å². The van der Waals surface area contributed by atoms with E-state index in [1.54, 1.807) is 48.5 Å². The number of nitro benzene ring substituents is 1. The van der Waals surface area contributed by atoms with Gasteiger partial charge in [-0.05, 0) is 124 Å². The fourth-order valence-electron chi connectivity index (χ4n) is 8.43. The summed E-state index contributed by atoms with van der Waals surface area (Å²) in [4.78, 5) is 103. The smallest absolute Gasteiger partial charge is 0.333 e. The van der Waals surface area contributed by atoms with Crippen LogP contribution in [0.1, 0.15) is 56.9 Å². The van der Waals surface area contributed by atoms with Crippen molar-refractivity contribution in [2.24, 2.45) is 23.7 Å². The van der Waals surface area contributed by atoms with E-state index in [-0.39, 0.29) is 49.8 Å². The van der Waals surface area contributed by atoms with Crippen molar-refractivity contribution in [2.75, 3.05) is 37.5 Å². The van der Waals surface area contributed by atoms with E-state index in [4.69, 9.17) is 47.6 Å². The van der Waals surface area contributed by atoms with E-state index in [0.717, 1.165) is 23.8 Å². The SMILES string of the molecule is C=CC(=O)OCOc1ccc(OC(=O)C2CCC(C(=O)OCCc3ccc(OC(=O)C4CCC(C(=O)Oc5ccc(OCC(COC(=O)C=C)OC(=O)C=C)cc5)CC4)c4nc(NNc5ccc([N+](=O)[O-])cc5)sc34)CC2)cc1. The molecule has 79 heavy (non-hydrogen) atoms. The number of esters is 7. The van der Waals surface area contributed by atoms with Gasteiger partial charge < -0.3 is 42.6 Å². The molecule has 2 aliphatic carbocycles. The van der Waals surface area contributed by atoms with Crippen molar-refractivity contribution in [1.29, 1.82) is 0 Å². The minimum atomic E-state index is -0.931. The van der Waals surface area contributed by atoms with Crippen molar-refractivity contribution in [3.63, 3.8) is 0 Å². The number of nitrogens with zero attached hydrogens (tertiary/aromatic N) is 2. The number of fused-ring (bicyclic) bond motifs is 1. The van der Waals surface area contributed by atoms with Crippen LogP contribution in [-0.4, -0.2) is 84.4 Å². The Labute approximate surface area is 456 Å². The maximum atomic E-state index is 13.7. The molecule has 414 valence electrons. The molecule has 0 saturated heterocycles. The number of carbonyl (C=O) groups excluding carboxylic acids is 7. The van der Waals surface area contributed by atoms with Crippen LogP contribution in [0.4, 0.5) is 16.5 Å². The standard InChI is InChI=1S/C56H56N4O18S/c1-4-47(61)72-32-45(75-49(63)6-3)31-71-41-20-24-43(25-21-41)76-54(66)37-11-13-38(14-12-37)55(67)78-46-28-15-34(51-50(46)57-56(79-51)59-58-39-16-18-40(19-17-39)60(68)69)29-30-70-52(64)35-7-9-36(10-8-35)53(65)77-44-26-22-42(23-27-44)73-33-74-48(62)5-2/h4-6,15-28,35-38,45,58H,1-3,7-14,29-33H2,(H,57,59). The molecule has 2 saturated carbocycles. The number of rotatable bonds is 26. The molecule has 1 heterocycles. The highest BCUT2D eigenvalue weighted by atomic mass is 32.1. The van der Waals surface area contributed by atoms with E-state index >= 15 is 0 Å². The fraction of sp³-hybridized carbons (Fsp3) is 0.321. The predicted molar refractivity (Wildman–Crippen MR) is 284 cm³/mol. The molecule has 5 aromatic rings. The summed E-state index contributed by atoms with van der Waals surface area (Å²) in [5.74, 6) is -4.05. The van der Waals surface area contributed by atoms with Crippen LogP contribution in [0.25, 0.3) is 10.2 Å². The Bertz CT molecular complexity index is 3020. The first-order chi connectivity index (χ1) is 38.2. The maximum Gasteiger partial charge on any atom is 0.333 e. The van der Waals surface area contributed by atoms with Gasteiger partial charge in [0, 0.05) is 36.8 Å². The lowest BCUT2D eigenvalue weighted by molar-refractivity contribution is -0.384. The molecule has 1 atom stereocenters. The summed E-state index contributed by atoms with van der Waals surface area (Å²) >= 11 is 1.25. The highest BCUT2D eigenvalue weighted by Gasteiger charge is 2.34. The van der Waals surface area contributed by atoms with Gasteiger partial charge in [0.1, 0.15) is 41.7 Å².